The highest BCUT2D eigenvalue weighted by Crippen LogP contribution is 2.38. The molecule has 1 fully saturated rings. The third kappa shape index (κ3) is 25.6. The van der Waals surface area contributed by atoms with E-state index in [-0.39, 0.29) is 0 Å². The molecule has 306 valence electrons. The van der Waals surface area contributed by atoms with Gasteiger partial charge in [-0.1, -0.05) is 146 Å². The van der Waals surface area contributed by atoms with Crippen molar-refractivity contribution < 1.29 is 4.74 Å². The van der Waals surface area contributed by atoms with E-state index in [0.29, 0.717) is 27.8 Å². The lowest BCUT2D eigenvalue weighted by molar-refractivity contribution is 0.135. The minimum absolute atomic E-state index is 0.626. The van der Waals surface area contributed by atoms with Gasteiger partial charge in [0, 0.05) is 59.4 Å². The van der Waals surface area contributed by atoms with E-state index in [1.165, 1.54) is 88.1 Å². The summed E-state index contributed by atoms with van der Waals surface area (Å²) in [5.41, 5.74) is 10.9. The molecular weight excluding hydrogens is 730 g/mol. The third-order valence-corrected chi connectivity index (χ3v) is 10.5. The van der Waals surface area contributed by atoms with E-state index in [4.69, 9.17) is 33.7 Å². The molecule has 0 spiro atoms. The predicted octanol–water partition coefficient (Wildman–Crippen LogP) is 14.7. The highest BCUT2D eigenvalue weighted by atomic mass is 35.5. The second-order valence-electron chi connectivity index (χ2n) is 13.5. The SMILES string of the molecule is C=C(N)C1CCCCCC1.CC.CC1=CC=CCN1C(C)C.CCCCCCC/C=N/Nc1cc(Sc2c(Cl)cccc2Cl)ccn1.CCCOCCC. The molecule has 0 bridgehead atoms. The second-order valence-corrected chi connectivity index (χ2v) is 15.4. The van der Waals surface area contributed by atoms with E-state index in [2.05, 4.69) is 86.8 Å². The number of pyridine rings is 1. The number of nitrogens with one attached hydrogen (secondary N) is 1. The van der Waals surface area contributed by atoms with Crippen LogP contribution in [0.1, 0.15) is 145 Å². The predicted molar refractivity (Wildman–Crippen MR) is 242 cm³/mol. The number of nitrogens with two attached hydrogens (primary N) is 1. The molecule has 0 atom stereocenters. The van der Waals surface area contributed by atoms with Gasteiger partial charge in [0.15, 0.2) is 0 Å². The molecule has 0 radical (unpaired) electrons. The van der Waals surface area contributed by atoms with Crippen LogP contribution in [0.3, 0.4) is 0 Å². The smallest absolute Gasteiger partial charge is 0.147 e. The number of rotatable bonds is 16. The molecule has 2 aliphatic rings. The maximum absolute atomic E-state index is 6.22. The van der Waals surface area contributed by atoms with Crippen LogP contribution in [-0.4, -0.2) is 41.9 Å². The van der Waals surface area contributed by atoms with Crippen molar-refractivity contribution in [3.8, 4) is 0 Å². The zero-order valence-electron chi connectivity index (χ0n) is 35.1. The first-order valence-electron chi connectivity index (χ1n) is 20.6. The summed E-state index contributed by atoms with van der Waals surface area (Å²) < 4.78 is 5.13. The van der Waals surface area contributed by atoms with Crippen LogP contribution in [0.2, 0.25) is 10.0 Å². The van der Waals surface area contributed by atoms with Crippen molar-refractivity contribution in [2.45, 2.75) is 161 Å². The van der Waals surface area contributed by atoms with E-state index in [0.717, 1.165) is 54.5 Å². The molecule has 0 unspecified atom stereocenters. The third-order valence-electron chi connectivity index (χ3n) is 8.51. The van der Waals surface area contributed by atoms with Crippen molar-refractivity contribution in [2.75, 3.05) is 25.2 Å². The van der Waals surface area contributed by atoms with Gasteiger partial charge in [0.25, 0.3) is 0 Å². The van der Waals surface area contributed by atoms with Crippen LogP contribution in [0.4, 0.5) is 5.82 Å². The average Bonchev–Trinajstić information content (AvgIpc) is 3.47. The number of aromatic nitrogens is 1. The molecule has 1 aromatic carbocycles. The van der Waals surface area contributed by atoms with Crippen LogP contribution in [0, 0.1) is 5.92 Å². The van der Waals surface area contributed by atoms with Crippen LogP contribution in [0.15, 0.2) is 87.6 Å². The van der Waals surface area contributed by atoms with Crippen molar-refractivity contribution in [3.63, 3.8) is 0 Å². The fraction of sp³-hybridized carbons (Fsp3) is 0.600. The molecule has 0 amide bonds. The minimum Gasteiger partial charge on any atom is -0.402 e. The largest absolute Gasteiger partial charge is 0.402 e. The van der Waals surface area contributed by atoms with Crippen molar-refractivity contribution in [3.05, 3.63) is 82.8 Å². The Morgan fingerprint density at radius 2 is 1.63 bits per heavy atom. The normalized spacial score (nSPS) is 13.9. The van der Waals surface area contributed by atoms with Crippen LogP contribution in [-0.2, 0) is 4.74 Å². The number of unbranched alkanes of at least 4 members (excludes halogenated alkanes) is 5. The Bertz CT molecular complexity index is 1280. The highest BCUT2D eigenvalue weighted by Gasteiger charge is 2.12. The van der Waals surface area contributed by atoms with Gasteiger partial charge in [-0.3, -0.25) is 5.43 Å². The van der Waals surface area contributed by atoms with E-state index in [9.17, 15) is 0 Å². The summed E-state index contributed by atoms with van der Waals surface area (Å²) in [6.07, 6.45) is 27.8. The Kier molecular flexibility index (Phi) is 33.4. The van der Waals surface area contributed by atoms with Crippen molar-refractivity contribution in [1.29, 1.82) is 0 Å². The summed E-state index contributed by atoms with van der Waals surface area (Å²) in [7, 11) is 0. The number of hydrogen-bond donors (Lipinski definition) is 2. The summed E-state index contributed by atoms with van der Waals surface area (Å²) in [5, 5.41) is 5.53. The average molecular weight is 805 g/mol. The zero-order valence-corrected chi connectivity index (χ0v) is 37.5. The zero-order chi connectivity index (χ0) is 40.4. The van der Waals surface area contributed by atoms with Crippen LogP contribution >= 0.6 is 35.0 Å². The molecular formula is C45H75Cl2N5OS. The van der Waals surface area contributed by atoms with Crippen molar-refractivity contribution in [1.82, 2.24) is 9.88 Å². The lowest BCUT2D eigenvalue weighted by Crippen LogP contribution is -2.30. The maximum atomic E-state index is 6.22. The molecule has 54 heavy (non-hydrogen) atoms. The topological polar surface area (TPSA) is 75.8 Å². The molecule has 3 N–H and O–H groups in total. The van der Waals surface area contributed by atoms with Gasteiger partial charge in [0.2, 0.25) is 0 Å². The van der Waals surface area contributed by atoms with E-state index in [1.807, 2.05) is 50.4 Å². The molecule has 2 aromatic rings. The van der Waals surface area contributed by atoms with Gasteiger partial charge >= 0.3 is 0 Å². The van der Waals surface area contributed by atoms with Crippen molar-refractivity contribution >= 4 is 47.0 Å². The van der Waals surface area contributed by atoms with E-state index >= 15 is 0 Å². The molecule has 1 saturated carbocycles. The number of anilines is 1. The fourth-order valence-corrected chi connectivity index (χ4v) is 7.02. The van der Waals surface area contributed by atoms with E-state index < -0.39 is 0 Å². The number of hydrogen-bond acceptors (Lipinski definition) is 7. The molecule has 1 aliphatic carbocycles. The summed E-state index contributed by atoms with van der Waals surface area (Å²) in [5.74, 6) is 1.33. The van der Waals surface area contributed by atoms with Crippen molar-refractivity contribution in [2.24, 2.45) is 16.8 Å². The molecule has 4 rings (SSSR count). The lowest BCUT2D eigenvalue weighted by atomic mass is 9.98. The molecule has 9 heteroatoms. The van der Waals surface area contributed by atoms with Gasteiger partial charge in [-0.05, 0) is 95.6 Å². The van der Waals surface area contributed by atoms with Gasteiger partial charge in [-0.15, -0.1) is 0 Å². The highest BCUT2D eigenvalue weighted by molar-refractivity contribution is 7.99. The Labute approximate surface area is 345 Å². The fourth-order valence-electron chi connectivity index (χ4n) is 5.53. The summed E-state index contributed by atoms with van der Waals surface area (Å²) in [6.45, 7) is 23.8. The first kappa shape index (κ1) is 51.6. The lowest BCUT2D eigenvalue weighted by Gasteiger charge is -2.29. The van der Waals surface area contributed by atoms with Gasteiger partial charge in [0.05, 0.1) is 10.0 Å². The number of benzene rings is 1. The standard InChI is InChI=1S/C19H23Cl2N3S.C9H15N.C9H17N.C6H14O.C2H6/c1-2-3-4-5-6-7-12-23-24-18-14-15(11-13-22-18)25-19-16(20)9-8-10-17(19)21;1-8(2)10-7-5-4-6-9(10)3;1-8(10)9-6-4-2-3-5-7-9;1-3-5-7-6-4-2;1-2/h8-14H,2-7H2,1H3,(H,22,24);4-6,8H,7H2,1-3H3;9H,1-7,10H2;3-6H2,1-2H3;1-2H3/b23-12+;;;;. The monoisotopic (exact) mass is 804 g/mol. The summed E-state index contributed by atoms with van der Waals surface area (Å²) in [6, 6.07) is 9.99. The number of ether oxygens (including phenoxy) is 1. The van der Waals surface area contributed by atoms with Gasteiger partial charge in [-0.2, -0.15) is 5.10 Å². The first-order valence-corrected chi connectivity index (χ1v) is 22.2. The molecule has 2 heterocycles. The van der Waals surface area contributed by atoms with Crippen LogP contribution in [0.25, 0.3) is 0 Å². The number of allylic oxidation sites excluding steroid dienone is 4. The Balaban J connectivity index is 0.000000794. The maximum Gasteiger partial charge on any atom is 0.147 e. The Morgan fingerprint density at radius 3 is 2.17 bits per heavy atom. The summed E-state index contributed by atoms with van der Waals surface area (Å²) in [4.78, 5) is 8.50. The molecule has 1 aliphatic heterocycles. The van der Waals surface area contributed by atoms with Gasteiger partial charge in [0.1, 0.15) is 5.82 Å². The minimum atomic E-state index is 0.626. The van der Waals surface area contributed by atoms with E-state index in [1.54, 1.807) is 6.20 Å². The molecule has 6 nitrogen and oxygen atoms in total. The number of halogens is 2. The Morgan fingerprint density at radius 1 is 1.00 bits per heavy atom. The quantitative estimate of drug-likeness (QED) is 0.0762. The van der Waals surface area contributed by atoms with Crippen LogP contribution in [0.5, 0.6) is 0 Å². The van der Waals surface area contributed by atoms with Gasteiger partial charge < -0.3 is 15.4 Å². The molecule has 1 aromatic heterocycles. The number of nitrogens with zero attached hydrogens (tertiary/aromatic N) is 3. The number of hydrazone groups is 1. The molecule has 0 saturated heterocycles. The van der Waals surface area contributed by atoms with Crippen LogP contribution < -0.4 is 11.2 Å². The van der Waals surface area contributed by atoms with Gasteiger partial charge in [-0.25, -0.2) is 4.98 Å². The first-order chi connectivity index (χ1) is 26.1. The summed E-state index contributed by atoms with van der Waals surface area (Å²) >= 11 is 14.0. The second kappa shape index (κ2) is 35.0. The Hall–Kier alpha value is -2.45.